The van der Waals surface area contributed by atoms with Crippen LogP contribution in [0.2, 0.25) is 0 Å². The lowest BCUT2D eigenvalue weighted by Gasteiger charge is -2.15. The van der Waals surface area contributed by atoms with Crippen molar-refractivity contribution in [3.63, 3.8) is 0 Å². The third-order valence-corrected chi connectivity index (χ3v) is 4.82. The number of methoxy groups -OCH3 is 1. The number of aromatic nitrogens is 2. The second-order valence-corrected chi connectivity index (χ2v) is 6.85. The number of carbonyl (C=O) groups excluding carboxylic acids is 1. The maximum Gasteiger partial charge on any atom is 0.337 e. The topological polar surface area (TPSA) is 70.4 Å². The van der Waals surface area contributed by atoms with Crippen LogP contribution < -0.4 is 10.3 Å². The molecule has 0 aliphatic heterocycles. The van der Waals surface area contributed by atoms with E-state index in [1.54, 1.807) is 31.3 Å². The van der Waals surface area contributed by atoms with E-state index in [9.17, 15) is 9.59 Å². The molecule has 0 aliphatic carbocycles. The van der Waals surface area contributed by atoms with Crippen molar-refractivity contribution in [3.8, 4) is 33.9 Å². The summed E-state index contributed by atoms with van der Waals surface area (Å²) in [5.41, 5.74) is 2.93. The van der Waals surface area contributed by atoms with E-state index < -0.39 is 5.97 Å². The largest absolute Gasteiger partial charge is 0.465 e. The molecular weight excluding hydrogens is 392 g/mol. The summed E-state index contributed by atoms with van der Waals surface area (Å²) in [6, 6.07) is 25.4. The van der Waals surface area contributed by atoms with Gasteiger partial charge in [0.05, 0.1) is 12.7 Å². The molecule has 0 spiro atoms. The second kappa shape index (κ2) is 8.67. The van der Waals surface area contributed by atoms with E-state index in [-0.39, 0.29) is 5.56 Å². The van der Waals surface area contributed by atoms with Gasteiger partial charge in [0.15, 0.2) is 0 Å². The van der Waals surface area contributed by atoms with Crippen LogP contribution in [0, 0.1) is 0 Å². The molecule has 3 aromatic carbocycles. The predicted molar refractivity (Wildman–Crippen MR) is 118 cm³/mol. The lowest BCUT2D eigenvalue weighted by molar-refractivity contribution is 0.0601. The summed E-state index contributed by atoms with van der Waals surface area (Å²) < 4.78 is 12.2. The molecule has 1 heterocycles. The maximum absolute atomic E-state index is 12.4. The highest BCUT2D eigenvalue weighted by Gasteiger charge is 2.17. The van der Waals surface area contributed by atoms with Crippen molar-refractivity contribution in [1.29, 1.82) is 0 Å². The minimum absolute atomic E-state index is 0.239. The Labute approximate surface area is 179 Å². The van der Waals surface area contributed by atoms with E-state index in [1.807, 2.05) is 54.6 Å². The smallest absolute Gasteiger partial charge is 0.337 e. The fourth-order valence-corrected chi connectivity index (χ4v) is 3.23. The van der Waals surface area contributed by atoms with Crippen molar-refractivity contribution >= 4 is 5.97 Å². The van der Waals surface area contributed by atoms with Gasteiger partial charge in [-0.05, 0) is 42.0 Å². The maximum atomic E-state index is 12.4. The Balaban J connectivity index is 1.84. The molecule has 6 heteroatoms. The Morgan fingerprint density at radius 1 is 0.871 bits per heavy atom. The van der Waals surface area contributed by atoms with Crippen LogP contribution in [0.15, 0.2) is 89.7 Å². The average molecular weight is 412 g/mol. The van der Waals surface area contributed by atoms with Gasteiger partial charge in [-0.25, -0.2) is 9.48 Å². The van der Waals surface area contributed by atoms with E-state index in [1.165, 1.54) is 17.9 Å². The van der Waals surface area contributed by atoms with Crippen LogP contribution in [0.5, 0.6) is 11.5 Å². The molecule has 154 valence electrons. The minimum atomic E-state index is -0.421. The van der Waals surface area contributed by atoms with Crippen molar-refractivity contribution in [2.45, 2.75) is 0 Å². The summed E-state index contributed by atoms with van der Waals surface area (Å²) in [4.78, 5) is 24.2. The molecule has 4 aromatic rings. The fourth-order valence-electron chi connectivity index (χ4n) is 3.23. The first-order valence-electron chi connectivity index (χ1n) is 9.66. The molecule has 0 unspecified atom stereocenters. The molecule has 31 heavy (non-hydrogen) atoms. The molecule has 0 saturated heterocycles. The van der Waals surface area contributed by atoms with Gasteiger partial charge < -0.3 is 9.47 Å². The number of ether oxygens (including phenoxy) is 2. The average Bonchev–Trinajstić information content (AvgIpc) is 2.81. The van der Waals surface area contributed by atoms with E-state index >= 15 is 0 Å². The van der Waals surface area contributed by atoms with Crippen LogP contribution in [-0.4, -0.2) is 22.9 Å². The van der Waals surface area contributed by atoms with Crippen molar-refractivity contribution in [1.82, 2.24) is 9.78 Å². The van der Waals surface area contributed by atoms with Gasteiger partial charge in [0.2, 0.25) is 0 Å². The van der Waals surface area contributed by atoms with E-state index in [0.717, 1.165) is 11.1 Å². The molecule has 1 aromatic heterocycles. The highest BCUT2D eigenvalue weighted by atomic mass is 16.5. The van der Waals surface area contributed by atoms with Gasteiger partial charge in [0, 0.05) is 24.2 Å². The van der Waals surface area contributed by atoms with Crippen LogP contribution in [0.4, 0.5) is 0 Å². The summed E-state index contributed by atoms with van der Waals surface area (Å²) in [5, 5.41) is 4.53. The SMILES string of the molecule is COC(=O)c1ccc(-c2cc(=O)n(C)nc2-c2ccccc2Oc2ccccc2)cc1. The molecular formula is C25H20N2O4. The molecule has 6 nitrogen and oxygen atoms in total. The highest BCUT2D eigenvalue weighted by molar-refractivity contribution is 5.91. The normalized spacial score (nSPS) is 10.5. The van der Waals surface area contributed by atoms with Crippen molar-refractivity contribution in [3.05, 3.63) is 101 Å². The number of aryl methyl sites for hydroxylation is 1. The first kappa shape index (κ1) is 20.1. The Bertz CT molecular complexity index is 1280. The van der Waals surface area contributed by atoms with Gasteiger partial charge in [0.1, 0.15) is 17.2 Å². The predicted octanol–water partition coefficient (Wildman–Crippen LogP) is 4.69. The molecule has 0 atom stereocenters. The van der Waals surface area contributed by atoms with Crippen LogP contribution >= 0.6 is 0 Å². The summed E-state index contributed by atoms with van der Waals surface area (Å²) in [6.07, 6.45) is 0. The van der Waals surface area contributed by atoms with Crippen LogP contribution in [-0.2, 0) is 11.8 Å². The number of esters is 1. The number of rotatable bonds is 5. The van der Waals surface area contributed by atoms with Crippen molar-refractivity contribution in [2.24, 2.45) is 7.05 Å². The Kier molecular flexibility index (Phi) is 5.62. The molecule has 0 aliphatic rings. The Morgan fingerprint density at radius 3 is 2.26 bits per heavy atom. The Morgan fingerprint density at radius 2 is 1.55 bits per heavy atom. The number of hydrogen-bond acceptors (Lipinski definition) is 5. The highest BCUT2D eigenvalue weighted by Crippen LogP contribution is 2.37. The van der Waals surface area contributed by atoms with Gasteiger partial charge in [-0.1, -0.05) is 42.5 Å². The summed E-state index contributed by atoms with van der Waals surface area (Å²) in [7, 11) is 2.94. The van der Waals surface area contributed by atoms with E-state index in [2.05, 4.69) is 5.10 Å². The minimum Gasteiger partial charge on any atom is -0.465 e. The number of nitrogens with zero attached hydrogens (tertiary/aromatic N) is 2. The van der Waals surface area contributed by atoms with Crippen LogP contribution in [0.3, 0.4) is 0 Å². The lowest BCUT2D eigenvalue weighted by atomic mass is 9.98. The molecule has 0 N–H and O–H groups in total. The van der Waals surface area contributed by atoms with Crippen molar-refractivity contribution in [2.75, 3.05) is 7.11 Å². The van der Waals surface area contributed by atoms with E-state index in [4.69, 9.17) is 9.47 Å². The number of carbonyl (C=O) groups is 1. The Hall–Kier alpha value is -4.19. The standard InChI is InChI=1S/C25H20N2O4/c1-27-23(28)16-21(17-12-14-18(15-13-17)25(29)30-2)24(26-27)20-10-6-7-11-22(20)31-19-8-4-3-5-9-19/h3-16H,1-2H3. The van der Waals surface area contributed by atoms with Gasteiger partial charge >= 0.3 is 5.97 Å². The number of hydrogen-bond donors (Lipinski definition) is 0. The molecule has 0 bridgehead atoms. The summed E-state index contributed by atoms with van der Waals surface area (Å²) in [6.45, 7) is 0. The number of para-hydroxylation sites is 2. The lowest BCUT2D eigenvalue weighted by Crippen LogP contribution is -2.19. The molecule has 0 fully saturated rings. The van der Waals surface area contributed by atoms with Gasteiger partial charge in [0.25, 0.3) is 5.56 Å². The molecule has 0 radical (unpaired) electrons. The zero-order valence-corrected chi connectivity index (χ0v) is 17.1. The van der Waals surface area contributed by atoms with Crippen LogP contribution in [0.25, 0.3) is 22.4 Å². The van der Waals surface area contributed by atoms with Crippen LogP contribution in [0.1, 0.15) is 10.4 Å². The van der Waals surface area contributed by atoms with E-state index in [0.29, 0.717) is 28.3 Å². The van der Waals surface area contributed by atoms with Gasteiger partial charge in [-0.2, -0.15) is 5.10 Å². The summed E-state index contributed by atoms with van der Waals surface area (Å²) in [5.74, 6) is 0.895. The first-order valence-corrected chi connectivity index (χ1v) is 9.66. The quantitative estimate of drug-likeness (QED) is 0.445. The molecule has 0 saturated carbocycles. The third kappa shape index (κ3) is 4.23. The number of benzene rings is 3. The fraction of sp³-hybridized carbons (Fsp3) is 0.0800. The monoisotopic (exact) mass is 412 g/mol. The zero-order valence-electron chi connectivity index (χ0n) is 17.1. The second-order valence-electron chi connectivity index (χ2n) is 6.85. The van der Waals surface area contributed by atoms with Crippen molar-refractivity contribution < 1.29 is 14.3 Å². The third-order valence-electron chi connectivity index (χ3n) is 4.82. The van der Waals surface area contributed by atoms with Gasteiger partial charge in [-0.3, -0.25) is 4.79 Å². The zero-order chi connectivity index (χ0) is 21.8. The summed E-state index contributed by atoms with van der Waals surface area (Å²) >= 11 is 0. The first-order chi connectivity index (χ1) is 15.1. The molecule has 0 amide bonds. The van der Waals surface area contributed by atoms with Gasteiger partial charge in [-0.15, -0.1) is 0 Å². The molecule has 4 rings (SSSR count).